The maximum atomic E-state index is 10.5. The Bertz CT molecular complexity index is 1490. The van der Waals surface area contributed by atoms with E-state index < -0.39 is 0 Å². The van der Waals surface area contributed by atoms with Crippen LogP contribution in [-0.4, -0.2) is 40.4 Å². The van der Waals surface area contributed by atoms with Gasteiger partial charge in [0.15, 0.2) is 0 Å². The Morgan fingerprint density at radius 1 is 0.956 bits per heavy atom. The third kappa shape index (κ3) is 4.01. The van der Waals surface area contributed by atoms with Gasteiger partial charge in [-0.1, -0.05) is 69.7 Å². The number of rotatable bonds is 4. The fourth-order valence-electron chi connectivity index (χ4n) is 13.2. The summed E-state index contributed by atoms with van der Waals surface area (Å²) in [5.41, 5.74) is 4.00. The molecule has 0 amide bonds. The molecule has 6 fully saturated rings. The van der Waals surface area contributed by atoms with E-state index in [0.29, 0.717) is 34.8 Å². The molecule has 2 spiro atoms. The second-order valence-corrected chi connectivity index (χ2v) is 17.2. The highest BCUT2D eigenvalue weighted by Gasteiger charge is 2.84. The molecule has 1 N–H and O–H groups in total. The molecule has 0 aromatic heterocycles. The van der Waals surface area contributed by atoms with Crippen molar-refractivity contribution in [3.8, 4) is 11.5 Å². The zero-order valence-corrected chi connectivity index (χ0v) is 27.9. The molecule has 7 aliphatic rings. The highest BCUT2D eigenvalue weighted by Crippen LogP contribution is 2.87. The number of hydrogen-bond acceptors (Lipinski definition) is 4. The van der Waals surface area contributed by atoms with E-state index in [1.807, 2.05) is 30.3 Å². The van der Waals surface area contributed by atoms with Crippen LogP contribution in [0.25, 0.3) is 0 Å². The molecule has 2 heterocycles. The lowest BCUT2D eigenvalue weighted by Crippen LogP contribution is -2.54. The van der Waals surface area contributed by atoms with E-state index in [-0.39, 0.29) is 17.1 Å². The van der Waals surface area contributed by atoms with Crippen LogP contribution < -0.4 is 4.74 Å². The summed E-state index contributed by atoms with van der Waals surface area (Å²) in [5.74, 6) is 5.43. The summed E-state index contributed by atoms with van der Waals surface area (Å²) >= 11 is 0. The fourth-order valence-corrected chi connectivity index (χ4v) is 13.2. The molecule has 45 heavy (non-hydrogen) atoms. The minimum atomic E-state index is -0.126. The SMILES string of the molecule is C[C@H]1C[C@H]2O[C@]3(CC[C@H]4[C@@H]5CC=C6C[C@@H](O)CC[C@]6(C)[C@H]5CC45CC53C)[C@H](C)[C@@H]2N(Cc2ccc(Oc3ccccc3)cc2)C1. The van der Waals surface area contributed by atoms with Gasteiger partial charge in [0.25, 0.3) is 0 Å². The lowest BCUT2D eigenvalue weighted by Gasteiger charge is -2.50. The second kappa shape index (κ2) is 9.94. The zero-order chi connectivity index (χ0) is 30.8. The first-order valence-electron chi connectivity index (χ1n) is 18.3. The summed E-state index contributed by atoms with van der Waals surface area (Å²) in [4.78, 5) is 2.80. The van der Waals surface area contributed by atoms with Crippen LogP contribution in [0, 0.1) is 45.8 Å². The van der Waals surface area contributed by atoms with Gasteiger partial charge < -0.3 is 14.6 Å². The Kier molecular flexibility index (Phi) is 6.41. The summed E-state index contributed by atoms with van der Waals surface area (Å²) in [6.07, 6.45) is 13.7. The molecule has 2 unspecified atom stereocenters. The molecule has 4 saturated carbocycles. The minimum Gasteiger partial charge on any atom is -0.457 e. The van der Waals surface area contributed by atoms with Crippen LogP contribution in [0.15, 0.2) is 66.2 Å². The maximum Gasteiger partial charge on any atom is 0.127 e. The number of para-hydroxylation sites is 1. The van der Waals surface area contributed by atoms with Crippen molar-refractivity contribution in [3.63, 3.8) is 0 Å². The zero-order valence-electron chi connectivity index (χ0n) is 27.9. The molecule has 2 saturated heterocycles. The van der Waals surface area contributed by atoms with E-state index in [1.165, 1.54) is 50.5 Å². The average molecular weight is 608 g/mol. The predicted octanol–water partition coefficient (Wildman–Crippen LogP) is 8.79. The maximum absolute atomic E-state index is 10.5. The van der Waals surface area contributed by atoms with E-state index in [9.17, 15) is 5.11 Å². The molecule has 12 atom stereocenters. The van der Waals surface area contributed by atoms with Gasteiger partial charge in [0.1, 0.15) is 11.5 Å². The van der Waals surface area contributed by atoms with Crippen molar-refractivity contribution in [2.45, 2.75) is 116 Å². The van der Waals surface area contributed by atoms with Crippen LogP contribution in [-0.2, 0) is 11.3 Å². The number of hydrogen-bond donors (Lipinski definition) is 1. The summed E-state index contributed by atoms with van der Waals surface area (Å²) in [7, 11) is 0. The van der Waals surface area contributed by atoms with Gasteiger partial charge in [0.2, 0.25) is 0 Å². The Balaban J connectivity index is 0.960. The Labute approximate surface area is 270 Å². The predicted molar refractivity (Wildman–Crippen MR) is 178 cm³/mol. The van der Waals surface area contributed by atoms with Crippen molar-refractivity contribution in [1.82, 2.24) is 4.90 Å². The first-order valence-corrected chi connectivity index (χ1v) is 18.3. The molecule has 240 valence electrons. The third-order valence-corrected chi connectivity index (χ3v) is 15.3. The summed E-state index contributed by atoms with van der Waals surface area (Å²) in [6.45, 7) is 12.4. The molecule has 2 aromatic carbocycles. The quantitative estimate of drug-likeness (QED) is 0.353. The third-order valence-electron chi connectivity index (χ3n) is 15.3. The number of aliphatic hydroxyl groups is 1. The lowest BCUT2D eigenvalue weighted by atomic mass is 9.56. The lowest BCUT2D eigenvalue weighted by molar-refractivity contribution is -0.148. The van der Waals surface area contributed by atoms with E-state index in [0.717, 1.165) is 55.2 Å². The van der Waals surface area contributed by atoms with E-state index >= 15 is 0 Å². The van der Waals surface area contributed by atoms with Crippen LogP contribution in [0.4, 0.5) is 0 Å². The number of ether oxygens (including phenoxy) is 2. The molecule has 0 bridgehead atoms. The average Bonchev–Trinajstić information content (AvgIpc) is 3.37. The number of fused-ring (bicyclic) bond motifs is 6. The summed E-state index contributed by atoms with van der Waals surface area (Å²) in [6, 6.07) is 19.3. The van der Waals surface area contributed by atoms with Crippen LogP contribution in [0.5, 0.6) is 11.5 Å². The molecule has 5 aliphatic carbocycles. The van der Waals surface area contributed by atoms with E-state index in [2.05, 4.69) is 62.9 Å². The summed E-state index contributed by atoms with van der Waals surface area (Å²) < 4.78 is 13.7. The number of nitrogens with zero attached hydrogens (tertiary/aromatic N) is 1. The van der Waals surface area contributed by atoms with Gasteiger partial charge in [0, 0.05) is 30.5 Å². The van der Waals surface area contributed by atoms with Crippen LogP contribution >= 0.6 is 0 Å². The molecular weight excluding hydrogens is 554 g/mol. The highest BCUT2D eigenvalue weighted by atomic mass is 16.5. The van der Waals surface area contributed by atoms with Crippen molar-refractivity contribution in [2.24, 2.45) is 45.8 Å². The normalized spacial score (nSPS) is 48.1. The standard InChI is InChI=1S/C41H53NO3/c1-26-20-36-37(42(23-26)24-28-10-13-32(14-11-28)44-31-8-6-5-7-9-31)27(2)41(45-36)19-17-34-33-15-12-29-21-30(43)16-18-38(29,3)35(33)22-40(34)25-39(40,41)4/h5-14,26-27,30,33-37,43H,15-25H2,1-4H3/t26-,27+,30-,33-,34-,35-,36+,37-,38-,39?,40?,41+/m0/s1. The molecule has 9 rings (SSSR count). The van der Waals surface area contributed by atoms with Crippen LogP contribution in [0.2, 0.25) is 0 Å². The van der Waals surface area contributed by atoms with Gasteiger partial charge in [-0.25, -0.2) is 0 Å². The molecular formula is C41H53NO3. The van der Waals surface area contributed by atoms with E-state index in [1.54, 1.807) is 5.57 Å². The molecule has 4 heteroatoms. The van der Waals surface area contributed by atoms with E-state index in [4.69, 9.17) is 9.47 Å². The number of allylic oxidation sites excluding steroid dienone is 1. The van der Waals surface area contributed by atoms with Gasteiger partial charge in [-0.05, 0) is 122 Å². The smallest absolute Gasteiger partial charge is 0.127 e. The Morgan fingerprint density at radius 3 is 2.53 bits per heavy atom. The fraction of sp³-hybridized carbons (Fsp3) is 0.659. The highest BCUT2D eigenvalue weighted by molar-refractivity contribution is 5.37. The van der Waals surface area contributed by atoms with Gasteiger partial charge in [-0.15, -0.1) is 0 Å². The Morgan fingerprint density at radius 2 is 1.73 bits per heavy atom. The second-order valence-electron chi connectivity index (χ2n) is 17.2. The summed E-state index contributed by atoms with van der Waals surface area (Å²) in [5, 5.41) is 10.5. The van der Waals surface area contributed by atoms with Crippen LogP contribution in [0.1, 0.15) is 91.0 Å². The number of aliphatic hydroxyl groups excluding tert-OH is 1. The number of likely N-dealkylation sites (tertiary alicyclic amines) is 1. The monoisotopic (exact) mass is 607 g/mol. The van der Waals surface area contributed by atoms with Crippen molar-refractivity contribution >= 4 is 0 Å². The minimum absolute atomic E-state index is 0.00193. The van der Waals surface area contributed by atoms with Crippen molar-refractivity contribution < 1.29 is 14.6 Å². The number of piperidine rings is 1. The van der Waals surface area contributed by atoms with Crippen molar-refractivity contribution in [2.75, 3.05) is 6.54 Å². The van der Waals surface area contributed by atoms with Gasteiger partial charge >= 0.3 is 0 Å². The molecule has 4 nitrogen and oxygen atoms in total. The first-order chi connectivity index (χ1) is 21.7. The molecule has 2 aliphatic heterocycles. The number of benzene rings is 2. The largest absolute Gasteiger partial charge is 0.457 e. The van der Waals surface area contributed by atoms with Gasteiger partial charge in [0.05, 0.1) is 17.8 Å². The molecule has 2 aromatic rings. The van der Waals surface area contributed by atoms with Gasteiger partial charge in [-0.3, -0.25) is 4.90 Å². The van der Waals surface area contributed by atoms with Crippen molar-refractivity contribution in [3.05, 3.63) is 71.8 Å². The Hall–Kier alpha value is -2.14. The van der Waals surface area contributed by atoms with Crippen LogP contribution in [0.3, 0.4) is 0 Å². The topological polar surface area (TPSA) is 41.9 Å². The molecule has 0 radical (unpaired) electrons. The van der Waals surface area contributed by atoms with Gasteiger partial charge in [-0.2, -0.15) is 0 Å². The van der Waals surface area contributed by atoms with Crippen molar-refractivity contribution in [1.29, 1.82) is 0 Å². The first kappa shape index (κ1) is 29.0.